The van der Waals surface area contributed by atoms with Crippen molar-refractivity contribution >= 4 is 15.9 Å². The zero-order valence-corrected chi connectivity index (χ0v) is 12.9. The van der Waals surface area contributed by atoms with Gasteiger partial charge in [-0.3, -0.25) is 9.52 Å². The summed E-state index contributed by atoms with van der Waals surface area (Å²) in [5.74, 6) is 0.912. The minimum absolute atomic E-state index is 0.0384. The van der Waals surface area contributed by atoms with Gasteiger partial charge < -0.3 is 0 Å². The summed E-state index contributed by atoms with van der Waals surface area (Å²) in [6.45, 7) is 5.65. The van der Waals surface area contributed by atoms with Crippen LogP contribution in [0.15, 0.2) is 0 Å². The summed E-state index contributed by atoms with van der Waals surface area (Å²) in [5, 5.41) is -0.503. The summed E-state index contributed by atoms with van der Waals surface area (Å²) in [6.07, 6.45) is 5.12. The van der Waals surface area contributed by atoms with Gasteiger partial charge in [0.05, 0.1) is 5.25 Å². The highest BCUT2D eigenvalue weighted by molar-refractivity contribution is 7.90. The summed E-state index contributed by atoms with van der Waals surface area (Å²) in [5.41, 5.74) is 0. The maximum Gasteiger partial charge on any atom is 0.237 e. The number of amides is 1. The Balaban J connectivity index is 1.91. The first-order valence-corrected chi connectivity index (χ1v) is 8.93. The molecule has 2 aliphatic carbocycles. The van der Waals surface area contributed by atoms with E-state index in [-0.39, 0.29) is 11.8 Å². The highest BCUT2D eigenvalue weighted by Crippen LogP contribution is 2.55. The Morgan fingerprint density at radius 2 is 1.68 bits per heavy atom. The molecule has 0 spiro atoms. The van der Waals surface area contributed by atoms with E-state index in [0.29, 0.717) is 24.2 Å². The van der Waals surface area contributed by atoms with E-state index >= 15 is 0 Å². The third-order valence-electron chi connectivity index (χ3n) is 4.54. The Labute approximate surface area is 116 Å². The lowest BCUT2D eigenvalue weighted by molar-refractivity contribution is -0.121. The monoisotopic (exact) mass is 287 g/mol. The van der Waals surface area contributed by atoms with Gasteiger partial charge in [-0.25, -0.2) is 8.42 Å². The van der Waals surface area contributed by atoms with Gasteiger partial charge in [0.1, 0.15) is 0 Å². The van der Waals surface area contributed by atoms with Crippen LogP contribution in [0.1, 0.15) is 52.9 Å². The Morgan fingerprint density at radius 3 is 2.16 bits per heavy atom. The van der Waals surface area contributed by atoms with E-state index < -0.39 is 15.3 Å². The summed E-state index contributed by atoms with van der Waals surface area (Å²) in [4.78, 5) is 12.1. The summed E-state index contributed by atoms with van der Waals surface area (Å²) >= 11 is 0. The number of carbonyl (C=O) groups excluding carboxylic acids is 1. The van der Waals surface area contributed by atoms with Crippen molar-refractivity contribution in [1.82, 2.24) is 4.72 Å². The molecule has 0 aromatic rings. The van der Waals surface area contributed by atoms with Crippen LogP contribution >= 0.6 is 0 Å². The van der Waals surface area contributed by atoms with Gasteiger partial charge in [-0.2, -0.15) is 0 Å². The average Bonchev–Trinajstić information content (AvgIpc) is 3.01. The quantitative estimate of drug-likeness (QED) is 0.844. The van der Waals surface area contributed by atoms with E-state index in [9.17, 15) is 13.2 Å². The van der Waals surface area contributed by atoms with Crippen molar-refractivity contribution in [2.24, 2.45) is 23.7 Å². The van der Waals surface area contributed by atoms with Crippen LogP contribution in [0.4, 0.5) is 0 Å². The molecule has 3 atom stereocenters. The van der Waals surface area contributed by atoms with E-state index in [4.69, 9.17) is 0 Å². The number of rotatable bonds is 5. The molecule has 2 rings (SSSR count). The molecule has 0 aromatic heterocycles. The van der Waals surface area contributed by atoms with Crippen molar-refractivity contribution in [3.05, 3.63) is 0 Å². The van der Waals surface area contributed by atoms with Gasteiger partial charge in [-0.05, 0) is 43.9 Å². The standard InChI is InChI=1S/C14H25NO3S/c1-9(2)8-10(3)19(17,18)15-14(16)13-11-6-4-5-7-12(11)13/h9-13H,4-8H2,1-3H3,(H,15,16)/t10-,11+,12+/m0/s1. The Kier molecular flexibility index (Phi) is 4.23. The zero-order valence-electron chi connectivity index (χ0n) is 12.1. The van der Waals surface area contributed by atoms with Crippen molar-refractivity contribution in [2.75, 3.05) is 0 Å². The van der Waals surface area contributed by atoms with Crippen molar-refractivity contribution in [1.29, 1.82) is 0 Å². The van der Waals surface area contributed by atoms with Crippen LogP contribution in [0.5, 0.6) is 0 Å². The molecule has 0 aliphatic heterocycles. The highest BCUT2D eigenvalue weighted by Gasteiger charge is 2.55. The molecule has 19 heavy (non-hydrogen) atoms. The van der Waals surface area contributed by atoms with Gasteiger partial charge in [0.25, 0.3) is 0 Å². The minimum atomic E-state index is -3.50. The predicted molar refractivity (Wildman–Crippen MR) is 74.9 cm³/mol. The topological polar surface area (TPSA) is 63.2 Å². The third kappa shape index (κ3) is 3.30. The first-order chi connectivity index (χ1) is 8.83. The Morgan fingerprint density at radius 1 is 1.16 bits per heavy atom. The number of carbonyl (C=O) groups is 1. The molecule has 0 radical (unpaired) electrons. The molecule has 4 nitrogen and oxygen atoms in total. The van der Waals surface area contributed by atoms with Gasteiger partial charge in [0.2, 0.25) is 15.9 Å². The molecule has 1 N–H and O–H groups in total. The maximum atomic E-state index is 12.1. The molecule has 2 aliphatic rings. The van der Waals surface area contributed by atoms with Crippen LogP contribution in [0.3, 0.4) is 0 Å². The van der Waals surface area contributed by atoms with Gasteiger partial charge in [0, 0.05) is 5.92 Å². The van der Waals surface area contributed by atoms with Crippen LogP contribution in [0.25, 0.3) is 0 Å². The molecule has 110 valence electrons. The Hall–Kier alpha value is -0.580. The number of hydrogen-bond donors (Lipinski definition) is 1. The van der Waals surface area contributed by atoms with E-state index in [1.54, 1.807) is 6.92 Å². The molecule has 2 fully saturated rings. The van der Waals surface area contributed by atoms with Crippen molar-refractivity contribution in [3.8, 4) is 0 Å². The van der Waals surface area contributed by atoms with Gasteiger partial charge in [-0.1, -0.05) is 26.7 Å². The second-order valence-corrected chi connectivity index (χ2v) is 8.69. The van der Waals surface area contributed by atoms with Gasteiger partial charge in [0.15, 0.2) is 0 Å². The summed E-state index contributed by atoms with van der Waals surface area (Å²) in [7, 11) is -3.50. The summed E-state index contributed by atoms with van der Waals surface area (Å²) < 4.78 is 26.5. The van der Waals surface area contributed by atoms with Gasteiger partial charge in [-0.15, -0.1) is 0 Å². The molecular formula is C14H25NO3S. The van der Waals surface area contributed by atoms with E-state index in [1.165, 1.54) is 12.8 Å². The molecule has 0 heterocycles. The molecular weight excluding hydrogens is 262 g/mol. The fourth-order valence-corrected chi connectivity index (χ4v) is 4.74. The molecule has 5 heteroatoms. The third-order valence-corrected chi connectivity index (χ3v) is 6.27. The molecule has 0 aromatic carbocycles. The van der Waals surface area contributed by atoms with Crippen molar-refractivity contribution in [2.45, 2.75) is 58.1 Å². The first-order valence-electron chi connectivity index (χ1n) is 7.38. The molecule has 0 unspecified atom stereocenters. The van der Waals surface area contributed by atoms with E-state index in [1.807, 2.05) is 13.8 Å². The maximum absolute atomic E-state index is 12.1. The van der Waals surface area contributed by atoms with Crippen molar-refractivity contribution < 1.29 is 13.2 Å². The molecule has 1 amide bonds. The molecule has 0 bridgehead atoms. The van der Waals surface area contributed by atoms with E-state index in [0.717, 1.165) is 12.8 Å². The molecule has 2 saturated carbocycles. The van der Waals surface area contributed by atoms with Crippen LogP contribution in [-0.2, 0) is 14.8 Å². The fraction of sp³-hybridized carbons (Fsp3) is 0.929. The number of sulfonamides is 1. The lowest BCUT2D eigenvalue weighted by Crippen LogP contribution is -2.38. The second-order valence-electron chi connectivity index (χ2n) is 6.59. The number of nitrogens with one attached hydrogen (secondary N) is 1. The lowest BCUT2D eigenvalue weighted by atomic mass is 10.0. The van der Waals surface area contributed by atoms with Crippen LogP contribution < -0.4 is 4.72 Å². The van der Waals surface area contributed by atoms with Crippen molar-refractivity contribution in [3.63, 3.8) is 0 Å². The van der Waals surface area contributed by atoms with Gasteiger partial charge >= 0.3 is 0 Å². The average molecular weight is 287 g/mol. The minimum Gasteiger partial charge on any atom is -0.274 e. The lowest BCUT2D eigenvalue weighted by Gasteiger charge is -2.15. The largest absolute Gasteiger partial charge is 0.274 e. The Bertz CT molecular complexity index is 432. The first kappa shape index (κ1) is 14.8. The van der Waals surface area contributed by atoms with Crippen LogP contribution in [-0.4, -0.2) is 19.6 Å². The fourth-order valence-electron chi connectivity index (χ4n) is 3.48. The predicted octanol–water partition coefficient (Wildman–Crippen LogP) is 2.30. The molecule has 0 saturated heterocycles. The summed E-state index contributed by atoms with van der Waals surface area (Å²) in [6, 6.07) is 0. The second kappa shape index (κ2) is 5.43. The van der Waals surface area contributed by atoms with Crippen LogP contribution in [0.2, 0.25) is 0 Å². The SMILES string of the molecule is CC(C)C[C@H](C)S(=O)(=O)NC(=O)C1[C@@H]2CCCC[C@@H]12. The number of hydrogen-bond acceptors (Lipinski definition) is 3. The normalized spacial score (nSPS) is 31.7. The number of fused-ring (bicyclic) bond motifs is 1. The van der Waals surface area contributed by atoms with Crippen LogP contribution in [0, 0.1) is 23.7 Å². The zero-order chi connectivity index (χ0) is 14.2. The highest BCUT2D eigenvalue weighted by atomic mass is 32.2. The van der Waals surface area contributed by atoms with E-state index in [2.05, 4.69) is 4.72 Å². The smallest absolute Gasteiger partial charge is 0.237 e.